The van der Waals surface area contributed by atoms with Crippen LogP contribution in [0.2, 0.25) is 0 Å². The number of anilines is 2. The smallest absolute Gasteiger partial charge is 0.293 e. The first kappa shape index (κ1) is 25.2. The minimum Gasteiger partial charge on any atom is -0.497 e. The van der Waals surface area contributed by atoms with E-state index in [1.165, 1.54) is 0 Å². The highest BCUT2D eigenvalue weighted by Gasteiger charge is 2.27. The number of aliphatic imine (C=N–C) groups is 1. The third-order valence-electron chi connectivity index (χ3n) is 6.83. The number of aryl methyl sites for hydroxylation is 1. The lowest BCUT2D eigenvalue weighted by atomic mass is 9.90. The Hall–Kier alpha value is -4.46. The summed E-state index contributed by atoms with van der Waals surface area (Å²) >= 11 is 0. The summed E-state index contributed by atoms with van der Waals surface area (Å²) in [6.45, 7) is 2.03. The van der Waals surface area contributed by atoms with Gasteiger partial charge in [-0.05, 0) is 56.2 Å². The zero-order valence-corrected chi connectivity index (χ0v) is 21.6. The van der Waals surface area contributed by atoms with Crippen LogP contribution in [0.4, 0.5) is 11.5 Å². The Balaban J connectivity index is 1.45. The molecule has 0 radical (unpaired) electrons. The van der Waals surface area contributed by atoms with Crippen LogP contribution in [0.5, 0.6) is 5.75 Å². The fourth-order valence-electron chi connectivity index (χ4n) is 4.79. The minimum atomic E-state index is -0.382. The lowest BCUT2D eigenvalue weighted by Crippen LogP contribution is -2.37. The molecule has 2 atom stereocenters. The third kappa shape index (κ3) is 5.75. The quantitative estimate of drug-likeness (QED) is 0.230. The molecule has 194 valence electrons. The van der Waals surface area contributed by atoms with Crippen LogP contribution in [0.1, 0.15) is 47.4 Å². The van der Waals surface area contributed by atoms with Gasteiger partial charge >= 0.3 is 0 Å². The van der Waals surface area contributed by atoms with Crippen molar-refractivity contribution < 1.29 is 9.53 Å². The van der Waals surface area contributed by atoms with Crippen LogP contribution in [0.15, 0.2) is 77.8 Å². The number of hydrogen-bond acceptors (Lipinski definition) is 6. The number of nitrogens with one attached hydrogen (secondary N) is 2. The van der Waals surface area contributed by atoms with Crippen LogP contribution in [0, 0.1) is 6.92 Å². The van der Waals surface area contributed by atoms with Crippen molar-refractivity contribution >= 4 is 34.2 Å². The summed E-state index contributed by atoms with van der Waals surface area (Å²) in [4.78, 5) is 27.3. The molecule has 1 aliphatic carbocycles. The summed E-state index contributed by atoms with van der Waals surface area (Å²) in [5, 5.41) is 7.38. The van der Waals surface area contributed by atoms with Crippen LogP contribution in [-0.4, -0.2) is 40.9 Å². The number of nitrogens with zero attached hydrogens (tertiary/aromatic N) is 3. The first-order chi connectivity index (χ1) is 18.5. The van der Waals surface area contributed by atoms with Gasteiger partial charge in [0, 0.05) is 22.7 Å². The number of amidine groups is 1. The molecule has 38 heavy (non-hydrogen) atoms. The van der Waals surface area contributed by atoms with E-state index < -0.39 is 0 Å². The highest BCUT2D eigenvalue weighted by atomic mass is 16.5. The predicted molar refractivity (Wildman–Crippen MR) is 152 cm³/mol. The maximum Gasteiger partial charge on any atom is 0.293 e. The van der Waals surface area contributed by atoms with Gasteiger partial charge in [0.05, 0.1) is 18.7 Å². The number of ether oxygens (including phenoxy) is 1. The third-order valence-corrected chi connectivity index (χ3v) is 6.83. The lowest BCUT2D eigenvalue weighted by Gasteiger charge is -2.30. The average Bonchev–Trinajstić information content (AvgIpc) is 2.95. The van der Waals surface area contributed by atoms with Crippen molar-refractivity contribution in [1.29, 1.82) is 0 Å². The van der Waals surface area contributed by atoms with E-state index in [1.54, 1.807) is 31.4 Å². The van der Waals surface area contributed by atoms with Gasteiger partial charge in [-0.2, -0.15) is 0 Å². The fraction of sp³-hybridized carbons (Fsp3) is 0.267. The number of nitrogens with two attached hydrogens (primary N) is 1. The Morgan fingerprint density at radius 3 is 2.53 bits per heavy atom. The molecule has 8 nitrogen and oxygen atoms in total. The molecule has 1 aliphatic rings. The van der Waals surface area contributed by atoms with E-state index in [0.29, 0.717) is 28.6 Å². The van der Waals surface area contributed by atoms with Crippen molar-refractivity contribution in [2.45, 2.75) is 44.7 Å². The van der Waals surface area contributed by atoms with Crippen molar-refractivity contribution in [3.63, 3.8) is 0 Å². The van der Waals surface area contributed by atoms with Crippen molar-refractivity contribution in [1.82, 2.24) is 9.97 Å². The fourth-order valence-corrected chi connectivity index (χ4v) is 4.79. The molecule has 1 saturated carbocycles. The van der Waals surface area contributed by atoms with Crippen molar-refractivity contribution in [2.75, 3.05) is 17.7 Å². The molecule has 0 unspecified atom stereocenters. The van der Waals surface area contributed by atoms with Gasteiger partial charge in [-0.15, -0.1) is 0 Å². The van der Waals surface area contributed by atoms with Gasteiger partial charge in [0.25, 0.3) is 5.91 Å². The Kier molecular flexibility index (Phi) is 7.49. The zero-order chi connectivity index (χ0) is 26.5. The highest BCUT2D eigenvalue weighted by molar-refractivity contribution is 6.04. The molecule has 4 aromatic rings. The molecule has 0 bridgehead atoms. The maximum atomic E-state index is 13.2. The van der Waals surface area contributed by atoms with Gasteiger partial charge in [-0.3, -0.25) is 9.79 Å². The number of methoxy groups -OCH3 is 1. The molecule has 1 aromatic heterocycles. The lowest BCUT2D eigenvalue weighted by molar-refractivity contribution is 0.101. The average molecular weight is 509 g/mol. The number of benzene rings is 3. The molecule has 5 rings (SSSR count). The number of aromatic nitrogens is 2. The molecule has 0 spiro atoms. The molecule has 1 amide bonds. The van der Waals surface area contributed by atoms with E-state index >= 15 is 0 Å². The van der Waals surface area contributed by atoms with Crippen molar-refractivity contribution in [3.8, 4) is 5.75 Å². The van der Waals surface area contributed by atoms with Gasteiger partial charge in [0.15, 0.2) is 0 Å². The van der Waals surface area contributed by atoms with E-state index in [4.69, 9.17) is 20.4 Å². The molecule has 3 aromatic carbocycles. The Morgan fingerprint density at radius 1 is 1.00 bits per heavy atom. The number of carbonyl (C=O) groups is 1. The van der Waals surface area contributed by atoms with Crippen LogP contribution in [0.3, 0.4) is 0 Å². The van der Waals surface area contributed by atoms with Gasteiger partial charge in [-0.1, -0.05) is 54.8 Å². The molecule has 4 N–H and O–H groups in total. The number of hydrogen-bond donors (Lipinski definition) is 3. The number of carbonyl (C=O) groups excluding carboxylic acids is 1. The van der Waals surface area contributed by atoms with Crippen molar-refractivity contribution in [3.05, 3.63) is 89.7 Å². The highest BCUT2D eigenvalue weighted by Crippen LogP contribution is 2.28. The van der Waals surface area contributed by atoms with Gasteiger partial charge in [0.1, 0.15) is 17.4 Å². The summed E-state index contributed by atoms with van der Waals surface area (Å²) in [5.41, 5.74) is 9.72. The van der Waals surface area contributed by atoms with Crippen LogP contribution in [0.25, 0.3) is 10.9 Å². The standard InChI is InChI=1S/C30H32N6O2/c1-19-12-17-24-23(18-19)28(36-29(34-24)30(37)32-21-13-15-22(38-2)16-14-21)35-26-11-7-6-10-25(26)33-27(31)20-8-4-3-5-9-20/h3-5,8-9,12-18,25-26H,6-7,10-11H2,1-2H3,(H2,31,33)(H,32,37)(H,34,35,36)/t25-,26-/m0/s1. The topological polar surface area (TPSA) is 115 Å². The summed E-state index contributed by atoms with van der Waals surface area (Å²) < 4.78 is 5.20. The molecule has 0 aliphatic heterocycles. The SMILES string of the molecule is COc1ccc(NC(=O)c2nc(N[C@H]3CCCC[C@@H]3N=C(N)c3ccccc3)c3cc(C)ccc3n2)cc1. The molecular weight excluding hydrogens is 476 g/mol. The van der Waals surface area contributed by atoms with Crippen LogP contribution >= 0.6 is 0 Å². The predicted octanol–water partition coefficient (Wildman–Crippen LogP) is 5.33. The van der Waals surface area contributed by atoms with Gasteiger partial charge in [-0.25, -0.2) is 9.97 Å². The summed E-state index contributed by atoms with van der Waals surface area (Å²) in [6.07, 6.45) is 4.04. The molecule has 1 fully saturated rings. The van der Waals surface area contributed by atoms with E-state index in [0.717, 1.165) is 42.2 Å². The molecule has 0 saturated heterocycles. The normalized spacial score (nSPS) is 17.7. The summed E-state index contributed by atoms with van der Waals surface area (Å²) in [5.74, 6) is 1.59. The van der Waals surface area contributed by atoms with E-state index in [9.17, 15) is 4.79 Å². The van der Waals surface area contributed by atoms with Crippen LogP contribution in [-0.2, 0) is 0 Å². The molecule has 8 heteroatoms. The first-order valence-corrected chi connectivity index (χ1v) is 12.9. The maximum absolute atomic E-state index is 13.2. The minimum absolute atomic E-state index is 0.00430. The Bertz CT molecular complexity index is 1450. The number of fused-ring (bicyclic) bond motifs is 1. The summed E-state index contributed by atoms with van der Waals surface area (Å²) in [6, 6.07) is 22.9. The van der Waals surface area contributed by atoms with E-state index in [1.807, 2.05) is 55.5 Å². The Morgan fingerprint density at radius 2 is 1.76 bits per heavy atom. The van der Waals surface area contributed by atoms with Crippen LogP contribution < -0.4 is 21.1 Å². The van der Waals surface area contributed by atoms with Gasteiger partial charge in [0.2, 0.25) is 5.82 Å². The summed E-state index contributed by atoms with van der Waals surface area (Å²) in [7, 11) is 1.60. The number of rotatable bonds is 7. The zero-order valence-electron chi connectivity index (χ0n) is 21.6. The second-order valence-corrected chi connectivity index (χ2v) is 9.58. The number of amides is 1. The van der Waals surface area contributed by atoms with E-state index in [2.05, 4.69) is 15.6 Å². The van der Waals surface area contributed by atoms with E-state index in [-0.39, 0.29) is 23.8 Å². The second-order valence-electron chi connectivity index (χ2n) is 9.58. The van der Waals surface area contributed by atoms with Crippen molar-refractivity contribution in [2.24, 2.45) is 10.7 Å². The monoisotopic (exact) mass is 508 g/mol. The largest absolute Gasteiger partial charge is 0.497 e. The molecular formula is C30H32N6O2. The molecule has 1 heterocycles. The Labute approximate surface area is 222 Å². The first-order valence-electron chi connectivity index (χ1n) is 12.9. The van der Waals surface area contributed by atoms with Gasteiger partial charge < -0.3 is 21.1 Å². The second kappa shape index (κ2) is 11.3.